The van der Waals surface area contributed by atoms with Crippen molar-refractivity contribution < 1.29 is 46.7 Å². The average molecular weight is 660 g/mol. The molecule has 0 heterocycles. The van der Waals surface area contributed by atoms with Gasteiger partial charge in [-0.1, -0.05) is 0 Å². The maximum absolute atomic E-state index is 6.36. The van der Waals surface area contributed by atoms with Crippen LogP contribution < -0.4 is 6.14 Å². The Morgan fingerprint density at radius 1 is 0.722 bits per heavy atom. The summed E-state index contributed by atoms with van der Waals surface area (Å²) in [4.78, 5) is 0. The maximum atomic E-state index is 6.36. The molecule has 94 valence electrons. The molecule has 0 aliphatic rings. The minimum absolute atomic E-state index is 0.190. The molecule has 0 nitrogen and oxygen atoms in total. The Kier molecular flexibility index (Phi) is 6.52. The fraction of sp³-hybridized carbons (Fsp3) is 0.571. The third kappa shape index (κ3) is 4.33. The van der Waals surface area contributed by atoms with Crippen LogP contribution >= 0.6 is 16.5 Å². The molecule has 1 aromatic rings. The summed E-state index contributed by atoms with van der Waals surface area (Å²) in [5.41, 5.74) is 3.30. The van der Waals surface area contributed by atoms with E-state index < -0.39 is 46.7 Å². The van der Waals surface area contributed by atoms with E-state index in [1.165, 1.54) is 17.3 Å². The van der Waals surface area contributed by atoms with Crippen molar-refractivity contribution in [1.29, 1.82) is 0 Å². The van der Waals surface area contributed by atoms with Gasteiger partial charge < -0.3 is 0 Å². The van der Waals surface area contributed by atoms with Crippen molar-refractivity contribution in [3.63, 3.8) is 0 Å². The molecule has 0 atom stereocenters. The molecule has 0 saturated heterocycles. The van der Waals surface area contributed by atoms with Crippen molar-refractivity contribution in [3.8, 4) is 0 Å². The second-order valence-corrected chi connectivity index (χ2v) is 19.6. The van der Waals surface area contributed by atoms with Gasteiger partial charge in [0, 0.05) is 0 Å². The molecule has 0 aliphatic heterocycles. The van der Waals surface area contributed by atoms with E-state index in [9.17, 15) is 0 Å². The Morgan fingerprint density at radius 3 is 1.17 bits per heavy atom. The first-order valence-electron chi connectivity index (χ1n) is 6.40. The fourth-order valence-corrected chi connectivity index (χ4v) is 14.4. The van der Waals surface area contributed by atoms with E-state index in [0.717, 1.165) is 0 Å². The molecular weight excluding hydrogens is 640 g/mol. The van der Waals surface area contributed by atoms with E-state index in [0.29, 0.717) is 0 Å². The van der Waals surface area contributed by atoms with Crippen LogP contribution in [0, 0.1) is 0 Å². The van der Waals surface area contributed by atoms with Crippen LogP contribution in [0.1, 0.15) is 52.7 Å². The van der Waals surface area contributed by atoms with E-state index in [1.807, 2.05) is 0 Å². The number of hydrogen-bond acceptors (Lipinski definition) is 0. The summed E-state index contributed by atoms with van der Waals surface area (Å²) >= 11 is -2.83. The van der Waals surface area contributed by atoms with E-state index in [4.69, 9.17) is 16.5 Å². The number of hydrogen-bond donors (Lipinski definition) is 0. The Balaban J connectivity index is 3.52. The van der Waals surface area contributed by atoms with Gasteiger partial charge in [-0.05, 0) is 0 Å². The predicted molar refractivity (Wildman–Crippen MR) is 74.8 cm³/mol. The summed E-state index contributed by atoms with van der Waals surface area (Å²) in [6, 6.07) is 4.79. The summed E-state index contributed by atoms with van der Waals surface area (Å²) in [5, 5.41) is 0. The Labute approximate surface area is 143 Å². The molecule has 0 amide bonds. The van der Waals surface area contributed by atoms with Gasteiger partial charge >= 0.3 is 145 Å². The molecule has 0 aromatic heterocycles. The molecular formula is C14H20Cl2Hg2. The number of benzene rings is 1. The van der Waals surface area contributed by atoms with Crippen LogP contribution in [0.3, 0.4) is 0 Å². The Hall–Kier alpha value is 1.67. The van der Waals surface area contributed by atoms with E-state index in [1.54, 1.807) is 0 Å². The quantitative estimate of drug-likeness (QED) is 0.422. The van der Waals surface area contributed by atoms with Crippen molar-refractivity contribution in [1.82, 2.24) is 0 Å². The summed E-state index contributed by atoms with van der Waals surface area (Å²) < 4.78 is 2.97. The van der Waals surface area contributed by atoms with Gasteiger partial charge in [0.25, 0.3) is 0 Å². The second kappa shape index (κ2) is 6.62. The van der Waals surface area contributed by atoms with Crippen LogP contribution in [0.4, 0.5) is 0 Å². The zero-order chi connectivity index (χ0) is 14.1. The van der Waals surface area contributed by atoms with Gasteiger partial charge in [0.15, 0.2) is 0 Å². The molecule has 0 fully saturated rings. The van der Waals surface area contributed by atoms with Crippen molar-refractivity contribution in [2.75, 3.05) is 0 Å². The first-order chi connectivity index (χ1) is 8.11. The molecule has 4 heteroatoms. The molecule has 1 rings (SSSR count). The van der Waals surface area contributed by atoms with Gasteiger partial charge in [0.1, 0.15) is 0 Å². The van der Waals surface area contributed by atoms with Gasteiger partial charge in [0.2, 0.25) is 0 Å². The van der Waals surface area contributed by atoms with Crippen LogP contribution in [0.2, 0.25) is 0 Å². The van der Waals surface area contributed by atoms with Crippen molar-refractivity contribution >= 4 is 22.6 Å². The third-order valence-electron chi connectivity index (χ3n) is 3.23. The van der Waals surface area contributed by atoms with Crippen molar-refractivity contribution in [2.24, 2.45) is 0 Å². The van der Waals surface area contributed by atoms with Gasteiger partial charge in [0.05, 0.1) is 0 Å². The normalized spacial score (nSPS) is 12.0. The van der Waals surface area contributed by atoms with Crippen molar-refractivity contribution in [2.45, 2.75) is 52.4 Å². The molecule has 18 heavy (non-hydrogen) atoms. The molecule has 0 saturated carbocycles. The Bertz CT molecular complexity index is 387. The van der Waals surface area contributed by atoms with Crippen LogP contribution in [0.5, 0.6) is 0 Å². The average Bonchev–Trinajstić information content (AvgIpc) is 2.24. The number of halogens is 2. The predicted octanol–water partition coefficient (Wildman–Crippen LogP) is 4.00. The molecule has 0 radical (unpaired) electrons. The SMILES string of the molecule is CC(C)(C)c1c[c]([Hg][Cl])c(C(C)(C)C)c[c]1[Hg][Cl]. The van der Waals surface area contributed by atoms with E-state index in [-0.39, 0.29) is 10.8 Å². The first kappa shape index (κ1) is 17.7. The third-order valence-corrected chi connectivity index (χ3v) is 15.1. The Morgan fingerprint density at radius 2 is 1.00 bits per heavy atom. The van der Waals surface area contributed by atoms with E-state index in [2.05, 4.69) is 53.7 Å². The number of rotatable bonds is 2. The van der Waals surface area contributed by atoms with E-state index >= 15 is 0 Å². The zero-order valence-electron chi connectivity index (χ0n) is 12.3. The summed E-state index contributed by atoms with van der Waals surface area (Å²) in [5.74, 6) is 0. The summed E-state index contributed by atoms with van der Waals surface area (Å²) in [6.07, 6.45) is 0. The molecule has 0 N–H and O–H groups in total. The molecule has 0 bridgehead atoms. The van der Waals surface area contributed by atoms with Crippen molar-refractivity contribution in [3.05, 3.63) is 23.3 Å². The fourth-order valence-electron chi connectivity index (χ4n) is 2.31. The van der Waals surface area contributed by atoms with Crippen LogP contribution in [0.25, 0.3) is 0 Å². The van der Waals surface area contributed by atoms with Crippen LogP contribution in [-0.2, 0) is 57.5 Å². The van der Waals surface area contributed by atoms with Gasteiger partial charge in [-0.15, -0.1) is 0 Å². The van der Waals surface area contributed by atoms with Gasteiger partial charge in [-0.2, -0.15) is 0 Å². The summed E-state index contributed by atoms with van der Waals surface area (Å²) in [6.45, 7) is 13.7. The molecule has 1 aromatic carbocycles. The zero-order valence-corrected chi connectivity index (χ0v) is 24.8. The van der Waals surface area contributed by atoms with Gasteiger partial charge in [-0.3, -0.25) is 0 Å². The van der Waals surface area contributed by atoms with Crippen LogP contribution in [-0.4, -0.2) is 0 Å². The standard InChI is InChI=1S/C14H20.2ClH.2Hg/c1-13(2,3)11-7-9-12(10-8-11)14(4,5)6;;;;/h7,10H,1-6H3;2*1H;;/q;;;2*+1/p-2. The molecule has 0 spiro atoms. The monoisotopic (exact) mass is 662 g/mol. The summed E-state index contributed by atoms with van der Waals surface area (Å²) in [7, 11) is 12.7. The first-order valence-corrected chi connectivity index (χ1v) is 25.4. The topological polar surface area (TPSA) is 0 Å². The van der Waals surface area contributed by atoms with Gasteiger partial charge in [-0.25, -0.2) is 0 Å². The molecule has 0 unspecified atom stereocenters. The molecule has 0 aliphatic carbocycles. The second-order valence-electron chi connectivity index (χ2n) is 6.93. The minimum atomic E-state index is -1.41. The van der Waals surface area contributed by atoms with Crippen LogP contribution in [0.15, 0.2) is 12.1 Å².